The standard InChI is InChI=1S/C29H36N6O4/c30-26(36)20-38-17-16-37-15-14-34-10-12-35(13-11-34)28-25-8-6-22-18-23(39-19-21-4-2-1-3-5-21)7-9-24(22)27(25)32-29(31)33-28/h1-5,7,9,18H,6,8,10-17,19-20H2,(H2,30,36)(H2,31,32,33). The van der Waals surface area contributed by atoms with Gasteiger partial charge in [-0.3, -0.25) is 9.69 Å². The van der Waals surface area contributed by atoms with Crippen molar-refractivity contribution in [3.8, 4) is 17.0 Å². The van der Waals surface area contributed by atoms with E-state index in [1.54, 1.807) is 0 Å². The van der Waals surface area contributed by atoms with Gasteiger partial charge in [0.25, 0.3) is 0 Å². The average Bonchev–Trinajstić information content (AvgIpc) is 2.95. The van der Waals surface area contributed by atoms with Crippen LogP contribution in [0.3, 0.4) is 0 Å². The number of aryl methyl sites for hydroxylation is 1. The SMILES string of the molecule is NC(=O)COCCOCCN1CCN(c2nc(N)nc3c2CCc2cc(OCc4ccccc4)ccc2-3)CC1. The van der Waals surface area contributed by atoms with E-state index in [9.17, 15) is 4.79 Å². The molecular formula is C29H36N6O4. The summed E-state index contributed by atoms with van der Waals surface area (Å²) in [6, 6.07) is 16.4. The first kappa shape index (κ1) is 26.9. The molecule has 0 bridgehead atoms. The number of benzene rings is 2. The number of aromatic nitrogens is 2. The van der Waals surface area contributed by atoms with Crippen LogP contribution in [0.2, 0.25) is 0 Å². The van der Waals surface area contributed by atoms with Gasteiger partial charge in [0.15, 0.2) is 0 Å². The van der Waals surface area contributed by atoms with Crippen LogP contribution in [0.5, 0.6) is 5.75 Å². The number of piperazine rings is 1. The number of amides is 1. The van der Waals surface area contributed by atoms with Gasteiger partial charge >= 0.3 is 0 Å². The molecule has 0 spiro atoms. The van der Waals surface area contributed by atoms with Crippen LogP contribution in [0.4, 0.5) is 11.8 Å². The number of nitrogens with two attached hydrogens (primary N) is 2. The largest absolute Gasteiger partial charge is 0.489 e. The zero-order valence-corrected chi connectivity index (χ0v) is 22.2. The molecular weight excluding hydrogens is 496 g/mol. The summed E-state index contributed by atoms with van der Waals surface area (Å²) in [6.07, 6.45) is 1.78. The van der Waals surface area contributed by atoms with Crippen molar-refractivity contribution in [1.82, 2.24) is 14.9 Å². The lowest BCUT2D eigenvalue weighted by molar-refractivity contribution is -0.123. The fourth-order valence-corrected chi connectivity index (χ4v) is 5.07. The van der Waals surface area contributed by atoms with E-state index in [0.717, 1.165) is 74.0 Å². The molecule has 206 valence electrons. The van der Waals surface area contributed by atoms with Crippen molar-refractivity contribution in [2.45, 2.75) is 19.4 Å². The third kappa shape index (κ3) is 7.03. The van der Waals surface area contributed by atoms with Crippen LogP contribution in [0, 0.1) is 0 Å². The smallest absolute Gasteiger partial charge is 0.243 e. The van der Waals surface area contributed by atoms with E-state index in [-0.39, 0.29) is 6.61 Å². The molecule has 2 aliphatic rings. The van der Waals surface area contributed by atoms with Crippen molar-refractivity contribution < 1.29 is 19.0 Å². The number of nitrogens with zero attached hydrogens (tertiary/aromatic N) is 4. The van der Waals surface area contributed by atoms with Crippen LogP contribution in [-0.2, 0) is 33.7 Å². The zero-order valence-electron chi connectivity index (χ0n) is 22.2. The second kappa shape index (κ2) is 12.9. The van der Waals surface area contributed by atoms with Crippen LogP contribution in [0.15, 0.2) is 48.5 Å². The second-order valence-electron chi connectivity index (χ2n) is 9.79. The monoisotopic (exact) mass is 532 g/mol. The quantitative estimate of drug-likeness (QED) is 0.337. The molecule has 1 aliphatic heterocycles. The Bertz CT molecular complexity index is 1260. The van der Waals surface area contributed by atoms with E-state index in [2.05, 4.69) is 44.0 Å². The van der Waals surface area contributed by atoms with Gasteiger partial charge in [-0.05, 0) is 42.2 Å². The summed E-state index contributed by atoms with van der Waals surface area (Å²) in [5, 5.41) is 0. The summed E-state index contributed by atoms with van der Waals surface area (Å²) < 4.78 is 16.8. The van der Waals surface area contributed by atoms with Crippen LogP contribution < -0.4 is 21.1 Å². The van der Waals surface area contributed by atoms with E-state index >= 15 is 0 Å². The Morgan fingerprint density at radius 3 is 2.51 bits per heavy atom. The summed E-state index contributed by atoms with van der Waals surface area (Å²) in [5.74, 6) is 1.65. The minimum atomic E-state index is -0.470. The van der Waals surface area contributed by atoms with Gasteiger partial charge in [-0.15, -0.1) is 0 Å². The molecule has 1 fully saturated rings. The second-order valence-corrected chi connectivity index (χ2v) is 9.79. The molecule has 39 heavy (non-hydrogen) atoms. The minimum Gasteiger partial charge on any atom is -0.489 e. The Balaban J connectivity index is 1.17. The topological polar surface area (TPSA) is 129 Å². The first-order valence-electron chi connectivity index (χ1n) is 13.4. The van der Waals surface area contributed by atoms with E-state index in [0.29, 0.717) is 32.4 Å². The molecule has 1 amide bonds. The zero-order chi connectivity index (χ0) is 27.0. The minimum absolute atomic E-state index is 0.0711. The van der Waals surface area contributed by atoms with Crippen molar-refractivity contribution in [2.75, 3.05) is 69.8 Å². The molecule has 2 aromatic carbocycles. The number of hydrogen-bond acceptors (Lipinski definition) is 9. The molecule has 1 aliphatic carbocycles. The van der Waals surface area contributed by atoms with Gasteiger partial charge in [0.05, 0.1) is 25.5 Å². The molecule has 0 unspecified atom stereocenters. The van der Waals surface area contributed by atoms with Crippen molar-refractivity contribution in [3.05, 3.63) is 65.2 Å². The van der Waals surface area contributed by atoms with E-state index in [4.69, 9.17) is 25.7 Å². The van der Waals surface area contributed by atoms with Crippen LogP contribution in [0.1, 0.15) is 16.7 Å². The fourth-order valence-electron chi connectivity index (χ4n) is 5.07. The molecule has 1 saturated heterocycles. The number of primary amides is 1. The molecule has 4 N–H and O–H groups in total. The van der Waals surface area contributed by atoms with Gasteiger partial charge in [0, 0.05) is 43.9 Å². The molecule has 10 nitrogen and oxygen atoms in total. The Hall–Kier alpha value is -3.73. The first-order valence-corrected chi connectivity index (χ1v) is 13.4. The maximum absolute atomic E-state index is 10.7. The third-order valence-corrected chi connectivity index (χ3v) is 7.07. The summed E-state index contributed by atoms with van der Waals surface area (Å²) in [7, 11) is 0. The number of ether oxygens (including phenoxy) is 3. The summed E-state index contributed by atoms with van der Waals surface area (Å²) in [5.41, 5.74) is 16.8. The average molecular weight is 533 g/mol. The fraction of sp³-hybridized carbons (Fsp3) is 0.414. The molecule has 10 heteroatoms. The lowest BCUT2D eigenvalue weighted by Gasteiger charge is -2.37. The van der Waals surface area contributed by atoms with E-state index in [1.165, 1.54) is 11.1 Å². The number of anilines is 2. The Kier molecular flexibility index (Phi) is 8.87. The van der Waals surface area contributed by atoms with Gasteiger partial charge < -0.3 is 30.6 Å². The highest BCUT2D eigenvalue weighted by molar-refractivity contribution is 5.76. The molecule has 2 heterocycles. The van der Waals surface area contributed by atoms with Gasteiger partial charge in [-0.25, -0.2) is 4.98 Å². The summed E-state index contributed by atoms with van der Waals surface area (Å²) in [4.78, 5) is 24.7. The Labute approximate surface area is 228 Å². The number of carbonyl (C=O) groups is 1. The number of fused-ring (bicyclic) bond motifs is 3. The lowest BCUT2D eigenvalue weighted by Crippen LogP contribution is -2.48. The molecule has 3 aromatic rings. The highest BCUT2D eigenvalue weighted by Gasteiger charge is 2.27. The third-order valence-electron chi connectivity index (χ3n) is 7.07. The van der Waals surface area contributed by atoms with Crippen molar-refractivity contribution >= 4 is 17.7 Å². The van der Waals surface area contributed by atoms with Crippen molar-refractivity contribution in [1.29, 1.82) is 0 Å². The van der Waals surface area contributed by atoms with Gasteiger partial charge in [0.1, 0.15) is 24.8 Å². The van der Waals surface area contributed by atoms with E-state index < -0.39 is 5.91 Å². The van der Waals surface area contributed by atoms with Gasteiger partial charge in [0.2, 0.25) is 11.9 Å². The summed E-state index contributed by atoms with van der Waals surface area (Å²) in [6.45, 7) is 6.30. The molecule has 0 atom stereocenters. The number of hydrogen-bond donors (Lipinski definition) is 2. The molecule has 5 rings (SSSR count). The Morgan fingerprint density at radius 1 is 0.923 bits per heavy atom. The number of rotatable bonds is 12. The Morgan fingerprint density at radius 2 is 1.72 bits per heavy atom. The normalized spacial score (nSPS) is 15.0. The van der Waals surface area contributed by atoms with Crippen molar-refractivity contribution in [2.24, 2.45) is 5.73 Å². The first-order chi connectivity index (χ1) is 19.1. The van der Waals surface area contributed by atoms with Gasteiger partial charge in [-0.1, -0.05) is 30.3 Å². The van der Waals surface area contributed by atoms with Crippen molar-refractivity contribution in [3.63, 3.8) is 0 Å². The highest BCUT2D eigenvalue weighted by atomic mass is 16.5. The van der Waals surface area contributed by atoms with Crippen LogP contribution >= 0.6 is 0 Å². The maximum Gasteiger partial charge on any atom is 0.243 e. The predicted molar refractivity (Wildman–Crippen MR) is 150 cm³/mol. The molecule has 1 aromatic heterocycles. The van der Waals surface area contributed by atoms with E-state index in [1.807, 2.05) is 24.3 Å². The molecule has 0 radical (unpaired) electrons. The predicted octanol–water partition coefficient (Wildman–Crippen LogP) is 2.04. The highest BCUT2D eigenvalue weighted by Crippen LogP contribution is 2.38. The lowest BCUT2D eigenvalue weighted by atomic mass is 9.88. The summed E-state index contributed by atoms with van der Waals surface area (Å²) >= 11 is 0. The van der Waals surface area contributed by atoms with Crippen LogP contribution in [0.25, 0.3) is 11.3 Å². The van der Waals surface area contributed by atoms with Crippen LogP contribution in [-0.4, -0.2) is 79.9 Å². The van der Waals surface area contributed by atoms with Gasteiger partial charge in [-0.2, -0.15) is 4.98 Å². The molecule has 0 saturated carbocycles. The number of nitrogen functional groups attached to an aromatic ring is 1. The number of carbonyl (C=O) groups excluding carboxylic acids is 1. The maximum atomic E-state index is 10.7.